The number of carbonyl (C=O) groups is 1. The quantitative estimate of drug-likeness (QED) is 0.881. The fourth-order valence-electron chi connectivity index (χ4n) is 2.04. The fourth-order valence-corrected chi connectivity index (χ4v) is 2.47. The number of anilines is 1. The molecule has 1 aromatic heterocycles. The van der Waals surface area contributed by atoms with Gasteiger partial charge in [-0.2, -0.15) is 5.10 Å². The number of benzene rings is 1. The van der Waals surface area contributed by atoms with Gasteiger partial charge < -0.3 is 5.32 Å². The fraction of sp³-hybridized carbons (Fsp3) is 0.333. The average molecular weight is 336 g/mol. The molecule has 0 amide bonds. The molecule has 2 aromatic rings. The second-order valence-electron chi connectivity index (χ2n) is 4.60. The molecule has 4 nitrogen and oxygen atoms in total. The first-order valence-electron chi connectivity index (χ1n) is 6.64. The molecule has 0 radical (unpaired) electrons. The summed E-state index contributed by atoms with van der Waals surface area (Å²) in [6.07, 6.45) is 0.384. The summed E-state index contributed by atoms with van der Waals surface area (Å²) in [6, 6.07) is 9.73. The topological polar surface area (TPSA) is 46.9 Å². The van der Waals surface area contributed by atoms with Crippen molar-refractivity contribution in [2.24, 2.45) is 0 Å². The van der Waals surface area contributed by atoms with Crippen LogP contribution in [0, 0.1) is 6.92 Å². The Morgan fingerprint density at radius 1 is 1.35 bits per heavy atom. The van der Waals surface area contributed by atoms with Gasteiger partial charge in [0, 0.05) is 12.2 Å². The van der Waals surface area contributed by atoms with Gasteiger partial charge in [0.2, 0.25) is 0 Å². The largest absolute Gasteiger partial charge is 0.378 e. The van der Waals surface area contributed by atoms with E-state index in [1.54, 1.807) is 0 Å². The van der Waals surface area contributed by atoms with Gasteiger partial charge in [0.1, 0.15) is 0 Å². The van der Waals surface area contributed by atoms with Crippen LogP contribution in [0.5, 0.6) is 0 Å². The summed E-state index contributed by atoms with van der Waals surface area (Å²) >= 11 is 3.51. The number of nitrogens with one attached hydrogen (secondary N) is 1. The molecule has 0 saturated heterocycles. The average Bonchev–Trinajstić information content (AvgIpc) is 2.74. The summed E-state index contributed by atoms with van der Waals surface area (Å²) in [6.45, 7) is 5.05. The first-order chi connectivity index (χ1) is 9.61. The molecule has 1 heterocycles. The van der Waals surface area contributed by atoms with Gasteiger partial charge in [0.05, 0.1) is 28.8 Å². The maximum Gasteiger partial charge on any atom is 0.157 e. The first kappa shape index (κ1) is 14.8. The molecule has 2 rings (SSSR count). The number of nitrogens with zero attached hydrogens (tertiary/aromatic N) is 2. The molecule has 0 fully saturated rings. The predicted molar refractivity (Wildman–Crippen MR) is 84.0 cm³/mol. The second-order valence-corrected chi connectivity index (χ2v) is 5.39. The zero-order valence-electron chi connectivity index (χ0n) is 11.7. The Balaban J connectivity index is 1.98. The lowest BCUT2D eigenvalue weighted by molar-refractivity contribution is -0.116. The first-order valence-corrected chi connectivity index (χ1v) is 7.43. The summed E-state index contributed by atoms with van der Waals surface area (Å²) < 4.78 is 2.81. The van der Waals surface area contributed by atoms with Gasteiger partial charge in [-0.1, -0.05) is 18.2 Å². The molecule has 1 N–H and O–H groups in total. The van der Waals surface area contributed by atoms with E-state index in [1.165, 1.54) is 0 Å². The molecule has 0 bridgehead atoms. The van der Waals surface area contributed by atoms with Gasteiger partial charge >= 0.3 is 0 Å². The maximum atomic E-state index is 12.1. The summed E-state index contributed by atoms with van der Waals surface area (Å²) in [5, 5.41) is 7.53. The minimum Gasteiger partial charge on any atom is -0.378 e. The Kier molecular flexibility index (Phi) is 4.95. The monoisotopic (exact) mass is 335 g/mol. The molecule has 0 unspecified atom stereocenters. The van der Waals surface area contributed by atoms with Crippen molar-refractivity contribution < 1.29 is 4.79 Å². The van der Waals surface area contributed by atoms with E-state index in [-0.39, 0.29) is 5.78 Å². The van der Waals surface area contributed by atoms with Crippen LogP contribution < -0.4 is 5.32 Å². The highest BCUT2D eigenvalue weighted by molar-refractivity contribution is 9.10. The standard InChI is InChI=1S/C15H18BrN3O/c1-3-19-14(15(16)11(2)18-19)9-13(20)10-17-12-7-5-4-6-8-12/h4-8,17H,3,9-10H2,1-2H3. The molecule has 0 atom stereocenters. The number of Topliss-reactive ketones (excluding diaryl/α,β-unsaturated/α-hetero) is 1. The zero-order chi connectivity index (χ0) is 14.5. The number of hydrogen-bond donors (Lipinski definition) is 1. The third-order valence-corrected chi connectivity index (χ3v) is 4.11. The number of hydrogen-bond acceptors (Lipinski definition) is 3. The van der Waals surface area contributed by atoms with Crippen molar-refractivity contribution in [3.8, 4) is 0 Å². The van der Waals surface area contributed by atoms with Crippen LogP contribution in [-0.4, -0.2) is 22.1 Å². The van der Waals surface area contributed by atoms with Crippen LogP contribution in [0.1, 0.15) is 18.3 Å². The van der Waals surface area contributed by atoms with Crippen LogP contribution in [-0.2, 0) is 17.8 Å². The number of aryl methyl sites for hydroxylation is 2. The molecule has 0 aliphatic heterocycles. The molecule has 1 aromatic carbocycles. The molecule has 0 aliphatic rings. The molecular weight excluding hydrogens is 318 g/mol. The van der Waals surface area contributed by atoms with E-state index in [0.29, 0.717) is 13.0 Å². The Morgan fingerprint density at radius 3 is 2.70 bits per heavy atom. The van der Waals surface area contributed by atoms with E-state index < -0.39 is 0 Å². The van der Waals surface area contributed by atoms with E-state index >= 15 is 0 Å². The van der Waals surface area contributed by atoms with Gasteiger partial charge in [0.15, 0.2) is 5.78 Å². The summed E-state index contributed by atoms with van der Waals surface area (Å²) in [4.78, 5) is 12.1. The van der Waals surface area contributed by atoms with E-state index in [0.717, 1.165) is 28.1 Å². The summed E-state index contributed by atoms with van der Waals surface area (Å²) in [5.74, 6) is 0.143. The Bertz CT molecular complexity index is 593. The highest BCUT2D eigenvalue weighted by Crippen LogP contribution is 2.21. The van der Waals surface area contributed by atoms with Crippen molar-refractivity contribution in [3.63, 3.8) is 0 Å². The van der Waals surface area contributed by atoms with Gasteiger partial charge in [-0.15, -0.1) is 0 Å². The van der Waals surface area contributed by atoms with Crippen LogP contribution in [0.4, 0.5) is 5.69 Å². The number of halogens is 1. The third kappa shape index (κ3) is 3.48. The smallest absolute Gasteiger partial charge is 0.157 e. The van der Waals surface area contributed by atoms with Crippen molar-refractivity contribution in [3.05, 3.63) is 46.2 Å². The van der Waals surface area contributed by atoms with E-state index in [4.69, 9.17) is 0 Å². The van der Waals surface area contributed by atoms with Crippen molar-refractivity contribution in [1.29, 1.82) is 0 Å². The predicted octanol–water partition coefficient (Wildman–Crippen LogP) is 3.20. The number of para-hydroxylation sites is 1. The van der Waals surface area contributed by atoms with Crippen LogP contribution in [0.25, 0.3) is 0 Å². The third-order valence-electron chi connectivity index (χ3n) is 3.08. The maximum absolute atomic E-state index is 12.1. The summed E-state index contributed by atoms with van der Waals surface area (Å²) in [5.41, 5.74) is 2.83. The lowest BCUT2D eigenvalue weighted by Crippen LogP contribution is -2.18. The normalized spacial score (nSPS) is 10.6. The van der Waals surface area contributed by atoms with Gasteiger partial charge in [0.25, 0.3) is 0 Å². The molecule has 0 spiro atoms. The lowest BCUT2D eigenvalue weighted by atomic mass is 10.2. The Hall–Kier alpha value is -1.62. The van der Waals surface area contributed by atoms with E-state index in [1.807, 2.05) is 48.9 Å². The van der Waals surface area contributed by atoms with Crippen LogP contribution in [0.3, 0.4) is 0 Å². The van der Waals surface area contributed by atoms with E-state index in [9.17, 15) is 4.79 Å². The Morgan fingerprint density at radius 2 is 2.05 bits per heavy atom. The highest BCUT2D eigenvalue weighted by Gasteiger charge is 2.15. The number of ketones is 1. The van der Waals surface area contributed by atoms with Crippen LogP contribution in [0.2, 0.25) is 0 Å². The summed E-state index contributed by atoms with van der Waals surface area (Å²) in [7, 11) is 0. The lowest BCUT2D eigenvalue weighted by Gasteiger charge is -2.07. The van der Waals surface area contributed by atoms with Crippen LogP contribution in [0.15, 0.2) is 34.8 Å². The van der Waals surface area contributed by atoms with Gasteiger partial charge in [-0.05, 0) is 41.9 Å². The zero-order valence-corrected chi connectivity index (χ0v) is 13.3. The van der Waals surface area contributed by atoms with Crippen molar-refractivity contribution in [2.45, 2.75) is 26.8 Å². The van der Waals surface area contributed by atoms with Crippen molar-refractivity contribution in [1.82, 2.24) is 9.78 Å². The second kappa shape index (κ2) is 6.70. The number of aromatic nitrogens is 2. The van der Waals surface area contributed by atoms with Crippen LogP contribution >= 0.6 is 15.9 Å². The van der Waals surface area contributed by atoms with Crippen molar-refractivity contribution in [2.75, 3.05) is 11.9 Å². The van der Waals surface area contributed by atoms with E-state index in [2.05, 4.69) is 26.3 Å². The van der Waals surface area contributed by atoms with Gasteiger partial charge in [-0.3, -0.25) is 9.48 Å². The molecule has 5 heteroatoms. The molecule has 0 saturated carbocycles. The molecular formula is C15H18BrN3O. The minimum atomic E-state index is 0.143. The molecule has 0 aliphatic carbocycles. The molecule has 20 heavy (non-hydrogen) atoms. The molecule has 106 valence electrons. The Labute approximate surface area is 127 Å². The highest BCUT2D eigenvalue weighted by atomic mass is 79.9. The van der Waals surface area contributed by atoms with Crippen molar-refractivity contribution >= 4 is 27.4 Å². The number of carbonyl (C=O) groups excluding carboxylic acids is 1. The SMILES string of the molecule is CCn1nc(C)c(Br)c1CC(=O)CNc1ccccc1. The minimum absolute atomic E-state index is 0.143. The number of rotatable bonds is 6. The van der Waals surface area contributed by atoms with Gasteiger partial charge in [-0.25, -0.2) is 0 Å².